The van der Waals surface area contributed by atoms with Crippen molar-refractivity contribution in [3.8, 4) is 11.5 Å². The Hall–Kier alpha value is -2.42. The summed E-state index contributed by atoms with van der Waals surface area (Å²) in [5, 5.41) is 0. The number of anilines is 1. The first kappa shape index (κ1) is 22.4. The Bertz CT molecular complexity index is 913. The molecule has 3 unspecified atom stereocenters. The Morgan fingerprint density at radius 3 is 2.58 bits per heavy atom. The van der Waals surface area contributed by atoms with Gasteiger partial charge in [-0.1, -0.05) is 0 Å². The summed E-state index contributed by atoms with van der Waals surface area (Å²) in [6.45, 7) is 6.14. The molecule has 33 heavy (non-hydrogen) atoms. The summed E-state index contributed by atoms with van der Waals surface area (Å²) >= 11 is 0. The number of hydrogen-bond donors (Lipinski definition) is 2. The van der Waals surface area contributed by atoms with Crippen LogP contribution < -0.4 is 25.2 Å². The molecule has 2 N–H and O–H groups in total. The smallest absolute Gasteiger partial charge is 0.225 e. The van der Waals surface area contributed by atoms with Crippen LogP contribution in [0.25, 0.3) is 0 Å². The molecule has 8 heteroatoms. The van der Waals surface area contributed by atoms with Gasteiger partial charge in [0.25, 0.3) is 0 Å². The van der Waals surface area contributed by atoms with Gasteiger partial charge in [0.05, 0.1) is 19.9 Å². The Kier molecular flexibility index (Phi) is 6.94. The van der Waals surface area contributed by atoms with Crippen LogP contribution in [-0.4, -0.2) is 67.9 Å². The van der Waals surface area contributed by atoms with Crippen LogP contribution in [0.1, 0.15) is 42.9 Å². The van der Waals surface area contributed by atoms with E-state index >= 15 is 0 Å². The Morgan fingerprint density at radius 1 is 1.03 bits per heavy atom. The van der Waals surface area contributed by atoms with Gasteiger partial charge in [-0.15, -0.1) is 0 Å². The van der Waals surface area contributed by atoms with Crippen LogP contribution >= 0.6 is 0 Å². The maximum atomic E-state index is 5.47. The summed E-state index contributed by atoms with van der Waals surface area (Å²) in [5.41, 5.74) is 9.41. The lowest BCUT2D eigenvalue weighted by Crippen LogP contribution is -2.46. The largest absolute Gasteiger partial charge is 0.497 e. The standard InChI is InChI=1S/C25H36N6O2/c1-32-20-12-18(13-21(14-20)33-2)16-30-9-5-6-19(17-30)24-22(15-27-29-24)23-7-8-26-25(28-23)31-10-3-4-11-31/h7-8,12-14,19,22,24,27,29H,3-6,9-11,15-17H2,1-2H3. The van der Waals surface area contributed by atoms with Crippen LogP contribution in [0.15, 0.2) is 30.5 Å². The van der Waals surface area contributed by atoms with E-state index in [2.05, 4.69) is 43.8 Å². The number of likely N-dealkylation sites (tertiary alicyclic amines) is 1. The molecule has 3 fully saturated rings. The van der Waals surface area contributed by atoms with E-state index in [1.165, 1.54) is 31.2 Å². The van der Waals surface area contributed by atoms with Crippen molar-refractivity contribution in [3.05, 3.63) is 41.7 Å². The average Bonchev–Trinajstić information content (AvgIpc) is 3.57. The predicted octanol–water partition coefficient (Wildman–Crippen LogP) is 2.57. The highest BCUT2D eigenvalue weighted by Crippen LogP contribution is 2.32. The fraction of sp³-hybridized carbons (Fsp3) is 0.600. The number of rotatable bonds is 7. The maximum absolute atomic E-state index is 5.47. The van der Waals surface area contributed by atoms with Crippen molar-refractivity contribution < 1.29 is 9.47 Å². The molecule has 5 rings (SSSR count). The van der Waals surface area contributed by atoms with Crippen molar-refractivity contribution >= 4 is 5.95 Å². The summed E-state index contributed by atoms with van der Waals surface area (Å²) in [5.74, 6) is 3.51. The molecule has 178 valence electrons. The lowest BCUT2D eigenvalue weighted by Gasteiger charge is -2.37. The molecular formula is C25H36N6O2. The molecule has 3 atom stereocenters. The zero-order valence-corrected chi connectivity index (χ0v) is 19.8. The van der Waals surface area contributed by atoms with Crippen LogP contribution in [0.5, 0.6) is 11.5 Å². The van der Waals surface area contributed by atoms with Crippen molar-refractivity contribution in [1.82, 2.24) is 25.7 Å². The molecule has 0 saturated carbocycles. The third-order valence-electron chi connectivity index (χ3n) is 7.32. The monoisotopic (exact) mass is 452 g/mol. The van der Waals surface area contributed by atoms with Gasteiger partial charge in [0.15, 0.2) is 0 Å². The average molecular weight is 453 g/mol. The van der Waals surface area contributed by atoms with Gasteiger partial charge in [-0.05, 0) is 61.9 Å². The third-order valence-corrected chi connectivity index (χ3v) is 7.32. The molecule has 3 aliphatic rings. The maximum Gasteiger partial charge on any atom is 0.225 e. The normalized spacial score (nSPS) is 26.0. The molecule has 1 aromatic heterocycles. The Labute approximate surface area is 196 Å². The van der Waals surface area contributed by atoms with Crippen molar-refractivity contribution in [2.75, 3.05) is 51.8 Å². The summed E-state index contributed by atoms with van der Waals surface area (Å²) in [4.78, 5) is 14.4. The molecule has 8 nitrogen and oxygen atoms in total. The molecule has 4 heterocycles. The first-order valence-corrected chi connectivity index (χ1v) is 12.2. The van der Waals surface area contributed by atoms with E-state index in [4.69, 9.17) is 14.5 Å². The van der Waals surface area contributed by atoms with Crippen molar-refractivity contribution in [2.45, 2.75) is 44.2 Å². The van der Waals surface area contributed by atoms with Gasteiger partial charge in [0.1, 0.15) is 11.5 Å². The van der Waals surface area contributed by atoms with Gasteiger partial charge in [-0.3, -0.25) is 15.8 Å². The third kappa shape index (κ3) is 5.08. The second-order valence-corrected chi connectivity index (χ2v) is 9.49. The highest BCUT2D eigenvalue weighted by Gasteiger charge is 2.37. The minimum atomic E-state index is 0.358. The minimum absolute atomic E-state index is 0.358. The molecular weight excluding hydrogens is 416 g/mol. The van der Waals surface area contributed by atoms with E-state index < -0.39 is 0 Å². The van der Waals surface area contributed by atoms with Gasteiger partial charge in [0, 0.05) is 56.9 Å². The van der Waals surface area contributed by atoms with Gasteiger partial charge >= 0.3 is 0 Å². The molecule has 0 amide bonds. The van der Waals surface area contributed by atoms with Crippen molar-refractivity contribution in [2.24, 2.45) is 5.92 Å². The Morgan fingerprint density at radius 2 is 1.82 bits per heavy atom. The van der Waals surface area contributed by atoms with Crippen LogP contribution in [0.2, 0.25) is 0 Å². The van der Waals surface area contributed by atoms with Gasteiger partial charge in [-0.2, -0.15) is 0 Å². The number of nitrogens with zero attached hydrogens (tertiary/aromatic N) is 4. The van der Waals surface area contributed by atoms with E-state index in [9.17, 15) is 0 Å². The number of hydrogen-bond acceptors (Lipinski definition) is 8. The summed E-state index contributed by atoms with van der Waals surface area (Å²) in [7, 11) is 3.41. The quantitative estimate of drug-likeness (QED) is 0.664. The van der Waals surface area contributed by atoms with Crippen LogP contribution in [0.4, 0.5) is 5.95 Å². The molecule has 0 bridgehead atoms. The van der Waals surface area contributed by atoms with Crippen LogP contribution in [0.3, 0.4) is 0 Å². The number of methoxy groups -OCH3 is 2. The lowest BCUT2D eigenvalue weighted by molar-refractivity contribution is 0.139. The molecule has 0 spiro atoms. The minimum Gasteiger partial charge on any atom is -0.497 e. The van der Waals surface area contributed by atoms with E-state index in [1.54, 1.807) is 14.2 Å². The number of aromatic nitrogens is 2. The van der Waals surface area contributed by atoms with E-state index in [0.29, 0.717) is 17.9 Å². The SMILES string of the molecule is COc1cc(CN2CCCC(C3NNCC3c3ccnc(N4CCCC4)n3)C2)cc(OC)c1. The zero-order chi connectivity index (χ0) is 22.6. The molecule has 3 saturated heterocycles. The highest BCUT2D eigenvalue weighted by molar-refractivity contribution is 5.38. The van der Waals surface area contributed by atoms with E-state index in [-0.39, 0.29) is 0 Å². The fourth-order valence-electron chi connectivity index (χ4n) is 5.63. The number of benzene rings is 1. The second-order valence-electron chi connectivity index (χ2n) is 9.49. The molecule has 3 aliphatic heterocycles. The molecule has 1 aromatic carbocycles. The van der Waals surface area contributed by atoms with E-state index in [1.807, 2.05) is 12.3 Å². The number of ether oxygens (including phenoxy) is 2. The van der Waals surface area contributed by atoms with Crippen LogP contribution in [-0.2, 0) is 6.54 Å². The van der Waals surface area contributed by atoms with Gasteiger partial charge in [0.2, 0.25) is 5.95 Å². The number of nitrogens with one attached hydrogen (secondary N) is 2. The van der Waals surface area contributed by atoms with Gasteiger partial charge < -0.3 is 14.4 Å². The zero-order valence-electron chi connectivity index (χ0n) is 19.8. The van der Waals surface area contributed by atoms with Crippen molar-refractivity contribution in [1.29, 1.82) is 0 Å². The lowest BCUT2D eigenvalue weighted by atomic mass is 9.82. The van der Waals surface area contributed by atoms with Crippen molar-refractivity contribution in [3.63, 3.8) is 0 Å². The number of piperidine rings is 1. The van der Waals surface area contributed by atoms with Gasteiger partial charge in [-0.25, -0.2) is 9.97 Å². The summed E-state index contributed by atoms with van der Waals surface area (Å²) in [6, 6.07) is 8.64. The first-order valence-electron chi connectivity index (χ1n) is 12.2. The predicted molar refractivity (Wildman–Crippen MR) is 129 cm³/mol. The topological polar surface area (TPSA) is 74.8 Å². The first-order chi connectivity index (χ1) is 16.2. The van der Waals surface area contributed by atoms with E-state index in [0.717, 1.165) is 62.4 Å². The Balaban J connectivity index is 1.28. The molecule has 0 radical (unpaired) electrons. The molecule has 0 aliphatic carbocycles. The molecule has 2 aromatic rings. The summed E-state index contributed by atoms with van der Waals surface area (Å²) < 4.78 is 10.9. The highest BCUT2D eigenvalue weighted by atomic mass is 16.5. The number of hydrazine groups is 1. The summed E-state index contributed by atoms with van der Waals surface area (Å²) in [6.07, 6.45) is 6.85. The van der Waals surface area contributed by atoms with Crippen LogP contribution in [0, 0.1) is 5.92 Å². The fourth-order valence-corrected chi connectivity index (χ4v) is 5.63. The second kappa shape index (κ2) is 10.2.